The zero-order chi connectivity index (χ0) is 26.2. The first-order valence-corrected chi connectivity index (χ1v) is 13.7. The summed E-state index contributed by atoms with van der Waals surface area (Å²) in [6, 6.07) is 5.76. The van der Waals surface area contributed by atoms with E-state index >= 15 is 0 Å². The zero-order valence-electron chi connectivity index (χ0n) is 21.7. The average Bonchev–Trinajstić information content (AvgIpc) is 3.23. The van der Waals surface area contributed by atoms with Crippen molar-refractivity contribution in [1.82, 2.24) is 30.6 Å². The van der Waals surface area contributed by atoms with E-state index in [1.807, 2.05) is 30.0 Å². The smallest absolute Gasteiger partial charge is 0.244 e. The van der Waals surface area contributed by atoms with Gasteiger partial charge in [0.1, 0.15) is 17.3 Å². The number of carbonyl (C=O) groups excluding carboxylic acids is 1. The average molecular weight is 554 g/mol. The van der Waals surface area contributed by atoms with Gasteiger partial charge in [-0.1, -0.05) is 23.2 Å². The fourth-order valence-electron chi connectivity index (χ4n) is 4.63. The molecule has 3 saturated heterocycles. The lowest BCUT2D eigenvalue weighted by atomic mass is 10.2. The van der Waals surface area contributed by atoms with Gasteiger partial charge in [0.2, 0.25) is 5.91 Å². The Kier molecular flexibility index (Phi) is 10.2. The van der Waals surface area contributed by atoms with E-state index in [4.69, 9.17) is 27.9 Å². The topological polar surface area (TPSA) is 89.9 Å². The predicted molar refractivity (Wildman–Crippen MR) is 150 cm³/mol. The summed E-state index contributed by atoms with van der Waals surface area (Å²) in [6.45, 7) is 13.0. The SMILES string of the molecule is C1CNCCN1.COc1cc(N2CCN(C(=O)Cn3nc(N4CCNCC4)c(Cl)c3C)CC2)ccc1Cl. The second-order valence-corrected chi connectivity index (χ2v) is 10.1. The maximum atomic E-state index is 12.9. The Hall–Kier alpha value is -2.24. The van der Waals surface area contributed by atoms with Gasteiger partial charge in [-0.3, -0.25) is 9.48 Å². The molecular weight excluding hydrogens is 515 g/mol. The molecule has 3 aliphatic heterocycles. The normalized spacial score (nSPS) is 18.3. The number of halogens is 2. The van der Waals surface area contributed by atoms with E-state index < -0.39 is 0 Å². The number of methoxy groups -OCH3 is 1. The number of rotatable bonds is 5. The molecule has 1 aromatic carbocycles. The third-order valence-corrected chi connectivity index (χ3v) is 7.66. The number of piperazine rings is 3. The Balaban J connectivity index is 0.000000469. The molecule has 3 N–H and O–H groups in total. The molecule has 0 radical (unpaired) electrons. The van der Waals surface area contributed by atoms with E-state index in [1.54, 1.807) is 11.8 Å². The minimum absolute atomic E-state index is 0.0578. The van der Waals surface area contributed by atoms with Gasteiger partial charge in [-0.2, -0.15) is 5.10 Å². The quantitative estimate of drug-likeness (QED) is 0.513. The molecule has 204 valence electrons. The zero-order valence-corrected chi connectivity index (χ0v) is 23.2. The summed E-state index contributed by atoms with van der Waals surface area (Å²) < 4.78 is 7.05. The first-order chi connectivity index (χ1) is 18.0. The van der Waals surface area contributed by atoms with Crippen molar-refractivity contribution in [3.8, 4) is 5.75 Å². The summed E-state index contributed by atoms with van der Waals surface area (Å²) in [5.74, 6) is 1.49. The summed E-state index contributed by atoms with van der Waals surface area (Å²) in [5, 5.41) is 15.7. The van der Waals surface area contributed by atoms with Crippen molar-refractivity contribution in [1.29, 1.82) is 0 Å². The minimum atomic E-state index is 0.0578. The number of hydrogen-bond donors (Lipinski definition) is 3. The molecule has 0 saturated carbocycles. The molecule has 10 nitrogen and oxygen atoms in total. The molecule has 0 atom stereocenters. The Morgan fingerprint density at radius 3 is 2.14 bits per heavy atom. The molecule has 3 aliphatic rings. The van der Waals surface area contributed by atoms with Gasteiger partial charge in [-0.15, -0.1) is 0 Å². The van der Waals surface area contributed by atoms with Crippen molar-refractivity contribution >= 4 is 40.6 Å². The fourth-order valence-corrected chi connectivity index (χ4v) is 5.08. The molecule has 1 amide bonds. The molecule has 3 fully saturated rings. The number of ether oxygens (including phenoxy) is 1. The summed E-state index contributed by atoms with van der Waals surface area (Å²) >= 11 is 12.7. The highest BCUT2D eigenvalue weighted by Crippen LogP contribution is 2.30. The first kappa shape index (κ1) is 27.8. The van der Waals surface area contributed by atoms with Gasteiger partial charge >= 0.3 is 0 Å². The van der Waals surface area contributed by atoms with Crippen LogP contribution < -0.4 is 30.5 Å². The van der Waals surface area contributed by atoms with Crippen molar-refractivity contribution in [2.45, 2.75) is 13.5 Å². The largest absolute Gasteiger partial charge is 0.495 e. The summed E-state index contributed by atoms with van der Waals surface area (Å²) in [7, 11) is 1.61. The van der Waals surface area contributed by atoms with Crippen LogP contribution in [0.1, 0.15) is 5.69 Å². The summed E-state index contributed by atoms with van der Waals surface area (Å²) in [4.78, 5) is 19.2. The van der Waals surface area contributed by atoms with Gasteiger partial charge in [0, 0.05) is 90.3 Å². The van der Waals surface area contributed by atoms with E-state index in [1.165, 1.54) is 0 Å². The van der Waals surface area contributed by atoms with Crippen LogP contribution in [0.25, 0.3) is 0 Å². The predicted octanol–water partition coefficient (Wildman–Crippen LogP) is 1.44. The van der Waals surface area contributed by atoms with E-state index in [9.17, 15) is 4.79 Å². The van der Waals surface area contributed by atoms with Crippen LogP contribution >= 0.6 is 23.2 Å². The van der Waals surface area contributed by atoms with Gasteiger partial charge in [-0.05, 0) is 19.1 Å². The van der Waals surface area contributed by atoms with Crippen molar-refractivity contribution in [3.63, 3.8) is 0 Å². The molecule has 0 bridgehead atoms. The van der Waals surface area contributed by atoms with Crippen LogP contribution in [0, 0.1) is 6.92 Å². The van der Waals surface area contributed by atoms with Crippen LogP contribution in [0.4, 0.5) is 11.5 Å². The second kappa shape index (κ2) is 13.5. The standard InChI is InChI=1S/C21H28Cl2N6O2.C4H10N2/c1-15-20(23)21(28-7-5-24-6-8-28)25-29(15)14-19(30)27-11-9-26(10-12-27)16-3-4-17(22)18(13-16)31-2;1-2-6-4-3-5-1/h3-4,13,24H,5-12,14H2,1-2H3;5-6H,1-4H2. The molecule has 4 heterocycles. The number of anilines is 2. The van der Waals surface area contributed by atoms with Crippen LogP contribution in [0.5, 0.6) is 5.75 Å². The highest BCUT2D eigenvalue weighted by atomic mass is 35.5. The van der Waals surface area contributed by atoms with Crippen LogP contribution in [-0.2, 0) is 11.3 Å². The van der Waals surface area contributed by atoms with Crippen molar-refractivity contribution in [2.24, 2.45) is 0 Å². The molecule has 2 aromatic rings. The van der Waals surface area contributed by atoms with E-state index in [0.717, 1.165) is 82.6 Å². The Labute approximate surface area is 229 Å². The Bertz CT molecular complexity index is 1020. The van der Waals surface area contributed by atoms with Gasteiger partial charge in [0.05, 0.1) is 17.8 Å². The van der Waals surface area contributed by atoms with Gasteiger partial charge in [0.15, 0.2) is 5.82 Å². The number of nitrogens with one attached hydrogen (secondary N) is 3. The molecule has 1 aromatic heterocycles. The van der Waals surface area contributed by atoms with Crippen LogP contribution in [0.2, 0.25) is 10.0 Å². The minimum Gasteiger partial charge on any atom is -0.495 e. The Morgan fingerprint density at radius 1 is 0.919 bits per heavy atom. The van der Waals surface area contributed by atoms with Gasteiger partial charge < -0.3 is 35.4 Å². The highest BCUT2D eigenvalue weighted by Gasteiger charge is 2.25. The molecule has 0 unspecified atom stereocenters. The summed E-state index contributed by atoms with van der Waals surface area (Å²) in [6.07, 6.45) is 0. The van der Waals surface area contributed by atoms with Crippen molar-refractivity contribution in [2.75, 3.05) is 95.4 Å². The van der Waals surface area contributed by atoms with Crippen molar-refractivity contribution in [3.05, 3.63) is 33.9 Å². The van der Waals surface area contributed by atoms with E-state index in [0.29, 0.717) is 28.9 Å². The van der Waals surface area contributed by atoms with Gasteiger partial charge in [-0.25, -0.2) is 0 Å². The summed E-state index contributed by atoms with van der Waals surface area (Å²) in [5.41, 5.74) is 1.87. The fraction of sp³-hybridized carbons (Fsp3) is 0.600. The lowest BCUT2D eigenvalue weighted by Crippen LogP contribution is -2.49. The maximum absolute atomic E-state index is 12.9. The Morgan fingerprint density at radius 2 is 1.54 bits per heavy atom. The monoisotopic (exact) mass is 552 g/mol. The first-order valence-electron chi connectivity index (χ1n) is 12.9. The number of hydrogen-bond acceptors (Lipinski definition) is 8. The number of amides is 1. The number of benzene rings is 1. The maximum Gasteiger partial charge on any atom is 0.244 e. The lowest BCUT2D eigenvalue weighted by Gasteiger charge is -2.36. The molecule has 37 heavy (non-hydrogen) atoms. The van der Waals surface area contributed by atoms with Crippen molar-refractivity contribution < 1.29 is 9.53 Å². The van der Waals surface area contributed by atoms with E-state index in [-0.39, 0.29) is 12.5 Å². The van der Waals surface area contributed by atoms with E-state index in [2.05, 4.69) is 30.8 Å². The van der Waals surface area contributed by atoms with Crippen LogP contribution in [0.3, 0.4) is 0 Å². The van der Waals surface area contributed by atoms with Crippen LogP contribution in [0.15, 0.2) is 18.2 Å². The highest BCUT2D eigenvalue weighted by molar-refractivity contribution is 6.33. The number of carbonyl (C=O) groups is 1. The van der Waals surface area contributed by atoms with Crippen LogP contribution in [-0.4, -0.2) is 106 Å². The lowest BCUT2D eigenvalue weighted by molar-refractivity contribution is -0.132. The second-order valence-electron chi connectivity index (χ2n) is 9.30. The molecule has 0 spiro atoms. The number of nitrogens with zero attached hydrogens (tertiary/aromatic N) is 5. The third-order valence-electron chi connectivity index (χ3n) is 6.91. The van der Waals surface area contributed by atoms with Gasteiger partial charge in [0.25, 0.3) is 0 Å². The number of aromatic nitrogens is 2. The molecule has 0 aliphatic carbocycles. The third kappa shape index (κ3) is 7.20. The molecular formula is C25H38Cl2N8O2. The molecule has 12 heteroatoms. The molecule has 5 rings (SSSR count).